The molecule has 0 aliphatic rings. The number of amides is 2. The predicted molar refractivity (Wildman–Crippen MR) is 84.8 cm³/mol. The highest BCUT2D eigenvalue weighted by Crippen LogP contribution is 2.15. The Labute approximate surface area is 128 Å². The van der Waals surface area contributed by atoms with Gasteiger partial charge in [-0.3, -0.25) is 9.59 Å². The van der Waals surface area contributed by atoms with Gasteiger partial charge >= 0.3 is 0 Å². The van der Waals surface area contributed by atoms with Gasteiger partial charge in [-0.15, -0.1) is 12.4 Å². The number of nitrogens with one attached hydrogen (secondary N) is 2. The lowest BCUT2D eigenvalue weighted by Gasteiger charge is -2.31. The van der Waals surface area contributed by atoms with E-state index in [1.165, 1.54) is 0 Å². The van der Waals surface area contributed by atoms with E-state index in [2.05, 4.69) is 24.5 Å². The first kappa shape index (κ1) is 21.5. The molecule has 5 nitrogen and oxygen atoms in total. The van der Waals surface area contributed by atoms with Gasteiger partial charge in [-0.05, 0) is 19.3 Å². The van der Waals surface area contributed by atoms with Crippen molar-refractivity contribution < 1.29 is 9.59 Å². The number of nitrogens with two attached hydrogens (primary N) is 1. The highest BCUT2D eigenvalue weighted by atomic mass is 35.5. The van der Waals surface area contributed by atoms with E-state index < -0.39 is 11.0 Å². The molecule has 0 radical (unpaired) electrons. The monoisotopic (exact) mass is 307 g/mol. The van der Waals surface area contributed by atoms with Gasteiger partial charge in [-0.25, -0.2) is 0 Å². The van der Waals surface area contributed by atoms with Crippen LogP contribution in [0.4, 0.5) is 0 Å². The van der Waals surface area contributed by atoms with Crippen LogP contribution in [0.3, 0.4) is 0 Å². The Morgan fingerprint density at radius 2 is 1.65 bits per heavy atom. The summed E-state index contributed by atoms with van der Waals surface area (Å²) in [5.41, 5.74) is 4.82. The van der Waals surface area contributed by atoms with Crippen molar-refractivity contribution in [3.05, 3.63) is 0 Å². The van der Waals surface area contributed by atoms with Gasteiger partial charge in [0.25, 0.3) is 0 Å². The van der Waals surface area contributed by atoms with Crippen LogP contribution in [0, 0.1) is 11.3 Å². The van der Waals surface area contributed by atoms with Crippen LogP contribution in [0.15, 0.2) is 0 Å². The zero-order valence-electron chi connectivity index (χ0n) is 13.5. The van der Waals surface area contributed by atoms with E-state index in [-0.39, 0.29) is 30.8 Å². The van der Waals surface area contributed by atoms with Gasteiger partial charge in [0.1, 0.15) is 0 Å². The Hall–Kier alpha value is -0.810. The fraction of sp³-hybridized carbons (Fsp3) is 0.857. The molecule has 0 fully saturated rings. The second-order valence-corrected chi connectivity index (χ2v) is 6.84. The standard InChI is InChI=1S/C14H29N3O2.ClH/c1-10(2)7-14(6,9-15)17-11(18)8-16-12(19)13(3,4)5;/h10H,7-9,15H2,1-6H3,(H,16,19)(H,17,18);1H. The molecule has 4 N–H and O–H groups in total. The SMILES string of the molecule is CC(C)CC(C)(CN)NC(=O)CNC(=O)C(C)(C)C.Cl. The molecule has 0 aliphatic carbocycles. The summed E-state index contributed by atoms with van der Waals surface area (Å²) < 4.78 is 0. The lowest BCUT2D eigenvalue weighted by Crippen LogP contribution is -2.54. The van der Waals surface area contributed by atoms with E-state index in [1.54, 1.807) is 0 Å². The first-order valence-electron chi connectivity index (χ1n) is 6.79. The van der Waals surface area contributed by atoms with Crippen molar-refractivity contribution in [2.45, 2.75) is 53.5 Å². The van der Waals surface area contributed by atoms with Gasteiger partial charge in [0, 0.05) is 17.5 Å². The number of hydrogen-bond donors (Lipinski definition) is 3. The Balaban J connectivity index is 0. The maximum absolute atomic E-state index is 11.8. The molecule has 0 aromatic heterocycles. The highest BCUT2D eigenvalue weighted by Gasteiger charge is 2.27. The van der Waals surface area contributed by atoms with E-state index in [1.807, 2.05) is 27.7 Å². The summed E-state index contributed by atoms with van der Waals surface area (Å²) in [7, 11) is 0. The molecule has 0 saturated heterocycles. The predicted octanol–water partition coefficient (Wildman–Crippen LogP) is 1.45. The quantitative estimate of drug-likeness (QED) is 0.694. The molecule has 0 aliphatic heterocycles. The number of rotatable bonds is 6. The van der Waals surface area contributed by atoms with Gasteiger partial charge in [0.05, 0.1) is 6.54 Å². The molecule has 0 heterocycles. The molecule has 6 heteroatoms. The summed E-state index contributed by atoms with van der Waals surface area (Å²) in [5.74, 6) is 0.102. The molecule has 120 valence electrons. The van der Waals surface area contributed by atoms with Gasteiger partial charge in [-0.1, -0.05) is 34.6 Å². The number of hydrogen-bond acceptors (Lipinski definition) is 3. The maximum atomic E-state index is 11.8. The second-order valence-electron chi connectivity index (χ2n) is 6.84. The fourth-order valence-corrected chi connectivity index (χ4v) is 1.89. The van der Waals surface area contributed by atoms with Gasteiger partial charge in [-0.2, -0.15) is 0 Å². The van der Waals surface area contributed by atoms with Crippen molar-refractivity contribution in [2.24, 2.45) is 17.1 Å². The summed E-state index contributed by atoms with van der Waals surface area (Å²) in [6.07, 6.45) is 0.808. The maximum Gasteiger partial charge on any atom is 0.239 e. The molecule has 2 amide bonds. The average Bonchev–Trinajstić information content (AvgIpc) is 2.23. The Bertz CT molecular complexity index is 327. The largest absolute Gasteiger partial charge is 0.348 e. The van der Waals surface area contributed by atoms with Crippen LogP contribution >= 0.6 is 12.4 Å². The average molecular weight is 308 g/mol. The van der Waals surface area contributed by atoms with Crippen molar-refractivity contribution >= 4 is 24.2 Å². The minimum absolute atomic E-state index is 0. The van der Waals surface area contributed by atoms with Crippen LogP contribution in [0.25, 0.3) is 0 Å². The molecule has 20 heavy (non-hydrogen) atoms. The Morgan fingerprint density at radius 3 is 2.00 bits per heavy atom. The van der Waals surface area contributed by atoms with E-state index in [0.717, 1.165) is 6.42 Å². The number of carbonyl (C=O) groups excluding carboxylic acids is 2. The normalized spacial score (nSPS) is 14.2. The van der Waals surface area contributed by atoms with Crippen molar-refractivity contribution in [2.75, 3.05) is 13.1 Å². The lowest BCUT2D eigenvalue weighted by atomic mass is 9.90. The summed E-state index contributed by atoms with van der Waals surface area (Å²) >= 11 is 0. The summed E-state index contributed by atoms with van der Waals surface area (Å²) in [4.78, 5) is 23.5. The lowest BCUT2D eigenvalue weighted by molar-refractivity contribution is -0.131. The number of halogens is 1. The van der Waals surface area contributed by atoms with E-state index in [9.17, 15) is 9.59 Å². The van der Waals surface area contributed by atoms with Crippen LogP contribution in [0.5, 0.6) is 0 Å². The van der Waals surface area contributed by atoms with E-state index >= 15 is 0 Å². The molecule has 0 aromatic rings. The molecule has 1 unspecified atom stereocenters. The molecular formula is C14H30ClN3O2. The summed E-state index contributed by atoms with van der Waals surface area (Å²) in [6, 6.07) is 0. The Morgan fingerprint density at radius 1 is 1.15 bits per heavy atom. The Kier molecular flexibility index (Phi) is 9.10. The van der Waals surface area contributed by atoms with E-state index in [4.69, 9.17) is 5.73 Å². The molecule has 1 atom stereocenters. The van der Waals surface area contributed by atoms with Crippen LogP contribution < -0.4 is 16.4 Å². The summed E-state index contributed by atoms with van der Waals surface area (Å²) in [6.45, 7) is 11.9. The first-order valence-corrected chi connectivity index (χ1v) is 6.79. The van der Waals surface area contributed by atoms with Crippen molar-refractivity contribution in [3.8, 4) is 0 Å². The highest BCUT2D eigenvalue weighted by molar-refractivity contribution is 5.87. The minimum atomic E-state index is -0.491. The molecule has 0 aromatic carbocycles. The third-order valence-electron chi connectivity index (χ3n) is 2.84. The van der Waals surface area contributed by atoms with Gasteiger partial charge in [0.15, 0.2) is 0 Å². The zero-order valence-corrected chi connectivity index (χ0v) is 14.3. The van der Waals surface area contributed by atoms with Crippen LogP contribution in [0.1, 0.15) is 48.0 Å². The molecule has 0 saturated carbocycles. The fourth-order valence-electron chi connectivity index (χ4n) is 1.89. The van der Waals surface area contributed by atoms with Crippen LogP contribution in [-0.4, -0.2) is 30.4 Å². The van der Waals surface area contributed by atoms with Crippen LogP contribution in [0.2, 0.25) is 0 Å². The van der Waals surface area contributed by atoms with Crippen molar-refractivity contribution in [1.29, 1.82) is 0 Å². The van der Waals surface area contributed by atoms with Gasteiger partial charge < -0.3 is 16.4 Å². The van der Waals surface area contributed by atoms with Crippen molar-refractivity contribution in [1.82, 2.24) is 10.6 Å². The molecule has 0 spiro atoms. The minimum Gasteiger partial charge on any atom is -0.348 e. The molecule has 0 rings (SSSR count). The summed E-state index contributed by atoms with van der Waals surface area (Å²) in [5, 5.41) is 5.53. The first-order chi connectivity index (χ1) is 8.50. The zero-order chi connectivity index (χ0) is 15.3. The number of carbonyl (C=O) groups is 2. The molecule has 0 bridgehead atoms. The topological polar surface area (TPSA) is 84.2 Å². The smallest absolute Gasteiger partial charge is 0.239 e. The van der Waals surface area contributed by atoms with E-state index in [0.29, 0.717) is 12.5 Å². The third kappa shape index (κ3) is 8.38. The third-order valence-corrected chi connectivity index (χ3v) is 2.84. The van der Waals surface area contributed by atoms with Crippen molar-refractivity contribution in [3.63, 3.8) is 0 Å². The molecular weight excluding hydrogens is 278 g/mol. The second kappa shape index (κ2) is 8.47. The van der Waals surface area contributed by atoms with Crippen LogP contribution in [-0.2, 0) is 9.59 Å². The van der Waals surface area contributed by atoms with Gasteiger partial charge in [0.2, 0.25) is 11.8 Å².